The number of carboxylic acid groups (broad SMARTS) is 1. The average molecular weight is 221 g/mol. The molecule has 0 aliphatic heterocycles. The first-order chi connectivity index (χ1) is 7.30. The Bertz CT molecular complexity index is 419. The number of aromatic carboxylic acids is 1. The molecule has 4 heteroatoms. The fourth-order valence-electron chi connectivity index (χ4n) is 1.14. The second kappa shape index (κ2) is 4.43. The molecule has 0 bridgehead atoms. The van der Waals surface area contributed by atoms with E-state index in [9.17, 15) is 9.59 Å². The van der Waals surface area contributed by atoms with E-state index in [0.717, 1.165) is 0 Å². The molecule has 16 heavy (non-hydrogen) atoms. The van der Waals surface area contributed by atoms with Gasteiger partial charge in [-0.25, -0.2) is 4.79 Å². The van der Waals surface area contributed by atoms with Gasteiger partial charge in [-0.05, 0) is 12.1 Å². The zero-order chi connectivity index (χ0) is 12.3. The number of hydrogen-bond acceptors (Lipinski definition) is 3. The number of rotatable bonds is 3. The SMILES string of the molecule is CC(C)(C)C(=O)Cc1cc(C(=O)O)ccn1. The first kappa shape index (κ1) is 12.4. The van der Waals surface area contributed by atoms with Crippen molar-refractivity contribution in [2.75, 3.05) is 0 Å². The molecule has 0 unspecified atom stereocenters. The Morgan fingerprint density at radius 2 is 2.00 bits per heavy atom. The van der Waals surface area contributed by atoms with Crippen LogP contribution in [0.25, 0.3) is 0 Å². The quantitative estimate of drug-likeness (QED) is 0.846. The van der Waals surface area contributed by atoms with Gasteiger partial charge in [-0.3, -0.25) is 9.78 Å². The highest BCUT2D eigenvalue weighted by Crippen LogP contribution is 2.17. The molecule has 1 aromatic rings. The minimum absolute atomic E-state index is 0.0440. The van der Waals surface area contributed by atoms with E-state index >= 15 is 0 Å². The van der Waals surface area contributed by atoms with Crippen LogP contribution in [-0.4, -0.2) is 21.8 Å². The van der Waals surface area contributed by atoms with Crippen molar-refractivity contribution in [3.63, 3.8) is 0 Å². The van der Waals surface area contributed by atoms with Crippen LogP contribution in [0.2, 0.25) is 0 Å². The summed E-state index contributed by atoms with van der Waals surface area (Å²) in [4.78, 5) is 26.4. The fourth-order valence-corrected chi connectivity index (χ4v) is 1.14. The van der Waals surface area contributed by atoms with Gasteiger partial charge in [-0.15, -0.1) is 0 Å². The second-order valence-corrected chi connectivity index (χ2v) is 4.69. The van der Waals surface area contributed by atoms with Gasteiger partial charge in [-0.1, -0.05) is 20.8 Å². The molecular weight excluding hydrogens is 206 g/mol. The van der Waals surface area contributed by atoms with Crippen molar-refractivity contribution < 1.29 is 14.7 Å². The lowest BCUT2D eigenvalue weighted by Gasteiger charge is -2.15. The summed E-state index contributed by atoms with van der Waals surface area (Å²) >= 11 is 0. The van der Waals surface area contributed by atoms with Crippen LogP contribution in [0, 0.1) is 5.41 Å². The topological polar surface area (TPSA) is 67.3 Å². The number of carboxylic acids is 1. The standard InChI is InChI=1S/C12H15NO3/c1-12(2,3)10(14)7-9-6-8(11(15)16)4-5-13-9/h4-6H,7H2,1-3H3,(H,15,16). The average Bonchev–Trinajstić information content (AvgIpc) is 2.16. The Balaban J connectivity index is 2.87. The molecular formula is C12H15NO3. The van der Waals surface area contributed by atoms with Crippen molar-refractivity contribution in [3.8, 4) is 0 Å². The number of carbonyl (C=O) groups is 2. The smallest absolute Gasteiger partial charge is 0.335 e. The third kappa shape index (κ3) is 3.15. The summed E-state index contributed by atoms with van der Waals surface area (Å²) in [5.74, 6) is -0.964. The Morgan fingerprint density at radius 1 is 1.38 bits per heavy atom. The summed E-state index contributed by atoms with van der Waals surface area (Å²) < 4.78 is 0. The maximum absolute atomic E-state index is 11.7. The molecule has 0 fully saturated rings. The van der Waals surface area contributed by atoms with Gasteiger partial charge < -0.3 is 5.11 Å². The predicted molar refractivity (Wildman–Crippen MR) is 59.4 cm³/mol. The molecule has 1 heterocycles. The van der Waals surface area contributed by atoms with E-state index in [1.807, 2.05) is 20.8 Å². The van der Waals surface area contributed by atoms with Gasteiger partial charge in [0, 0.05) is 23.7 Å². The van der Waals surface area contributed by atoms with E-state index in [4.69, 9.17) is 5.11 Å². The van der Waals surface area contributed by atoms with Crippen molar-refractivity contribution in [3.05, 3.63) is 29.6 Å². The van der Waals surface area contributed by atoms with Crippen molar-refractivity contribution >= 4 is 11.8 Å². The van der Waals surface area contributed by atoms with Crippen LogP contribution in [0.5, 0.6) is 0 Å². The predicted octanol–water partition coefficient (Wildman–Crippen LogP) is 1.94. The second-order valence-electron chi connectivity index (χ2n) is 4.69. The fraction of sp³-hybridized carbons (Fsp3) is 0.417. The summed E-state index contributed by atoms with van der Waals surface area (Å²) in [6.07, 6.45) is 1.58. The Kier molecular flexibility index (Phi) is 3.42. The largest absolute Gasteiger partial charge is 0.478 e. The first-order valence-electron chi connectivity index (χ1n) is 5.02. The van der Waals surface area contributed by atoms with Crippen LogP contribution < -0.4 is 0 Å². The number of ketones is 1. The molecule has 1 aromatic heterocycles. The molecule has 0 aromatic carbocycles. The maximum atomic E-state index is 11.7. The van der Waals surface area contributed by atoms with Gasteiger partial charge in [-0.2, -0.15) is 0 Å². The molecule has 0 spiro atoms. The minimum Gasteiger partial charge on any atom is -0.478 e. The highest BCUT2D eigenvalue weighted by Gasteiger charge is 2.21. The van der Waals surface area contributed by atoms with Crippen LogP contribution in [0.15, 0.2) is 18.3 Å². The van der Waals surface area contributed by atoms with E-state index in [1.54, 1.807) is 0 Å². The molecule has 0 saturated heterocycles. The van der Waals surface area contributed by atoms with Crippen molar-refractivity contribution in [1.29, 1.82) is 0 Å². The molecule has 1 N–H and O–H groups in total. The van der Waals surface area contributed by atoms with Crippen LogP contribution in [0.3, 0.4) is 0 Å². The molecule has 0 saturated carbocycles. The number of aromatic nitrogens is 1. The first-order valence-corrected chi connectivity index (χ1v) is 5.02. The number of carbonyl (C=O) groups excluding carboxylic acids is 1. The van der Waals surface area contributed by atoms with Crippen LogP contribution in [0.1, 0.15) is 36.8 Å². The third-order valence-electron chi connectivity index (χ3n) is 2.24. The summed E-state index contributed by atoms with van der Waals surface area (Å²) in [6, 6.07) is 2.85. The summed E-state index contributed by atoms with van der Waals surface area (Å²) in [5.41, 5.74) is 0.229. The summed E-state index contributed by atoms with van der Waals surface area (Å²) in [6.45, 7) is 5.49. The van der Waals surface area contributed by atoms with Crippen LogP contribution in [0.4, 0.5) is 0 Å². The summed E-state index contributed by atoms with van der Waals surface area (Å²) in [5, 5.41) is 8.79. The summed E-state index contributed by atoms with van der Waals surface area (Å²) in [7, 11) is 0. The van der Waals surface area contributed by atoms with E-state index in [1.165, 1.54) is 18.3 Å². The minimum atomic E-state index is -1.01. The monoisotopic (exact) mass is 221 g/mol. The van der Waals surface area contributed by atoms with Gasteiger partial charge in [0.25, 0.3) is 0 Å². The van der Waals surface area contributed by atoms with Gasteiger partial charge >= 0.3 is 5.97 Å². The van der Waals surface area contributed by atoms with Crippen molar-refractivity contribution in [1.82, 2.24) is 4.98 Å². The maximum Gasteiger partial charge on any atom is 0.335 e. The Hall–Kier alpha value is -1.71. The lowest BCUT2D eigenvalue weighted by atomic mass is 9.88. The van der Waals surface area contributed by atoms with Gasteiger partial charge in [0.2, 0.25) is 0 Å². The molecule has 0 atom stereocenters. The molecule has 0 aliphatic rings. The van der Waals surface area contributed by atoms with E-state index in [-0.39, 0.29) is 17.8 Å². The molecule has 0 aliphatic carbocycles. The molecule has 86 valence electrons. The molecule has 0 radical (unpaired) electrons. The molecule has 4 nitrogen and oxygen atoms in total. The normalized spacial score (nSPS) is 11.2. The van der Waals surface area contributed by atoms with Gasteiger partial charge in [0.15, 0.2) is 0 Å². The van der Waals surface area contributed by atoms with Crippen molar-refractivity contribution in [2.45, 2.75) is 27.2 Å². The Morgan fingerprint density at radius 3 is 2.50 bits per heavy atom. The lowest BCUT2D eigenvalue weighted by molar-refractivity contribution is -0.125. The van der Waals surface area contributed by atoms with E-state index < -0.39 is 11.4 Å². The number of hydrogen-bond donors (Lipinski definition) is 1. The number of pyridine rings is 1. The Labute approximate surface area is 94.3 Å². The molecule has 0 amide bonds. The molecule has 1 rings (SSSR count). The number of nitrogens with zero attached hydrogens (tertiary/aromatic N) is 1. The zero-order valence-corrected chi connectivity index (χ0v) is 9.65. The third-order valence-corrected chi connectivity index (χ3v) is 2.24. The van der Waals surface area contributed by atoms with E-state index in [0.29, 0.717) is 5.69 Å². The van der Waals surface area contributed by atoms with E-state index in [2.05, 4.69) is 4.98 Å². The number of Topliss-reactive ketones (excluding diaryl/α,β-unsaturated/α-hetero) is 1. The van der Waals surface area contributed by atoms with Crippen LogP contribution in [-0.2, 0) is 11.2 Å². The van der Waals surface area contributed by atoms with Gasteiger partial charge in [0.1, 0.15) is 5.78 Å². The lowest BCUT2D eigenvalue weighted by Crippen LogP contribution is -2.22. The highest BCUT2D eigenvalue weighted by atomic mass is 16.4. The highest BCUT2D eigenvalue weighted by molar-refractivity contribution is 5.89. The van der Waals surface area contributed by atoms with Crippen molar-refractivity contribution in [2.24, 2.45) is 5.41 Å². The van der Waals surface area contributed by atoms with Gasteiger partial charge in [0.05, 0.1) is 5.56 Å². The zero-order valence-electron chi connectivity index (χ0n) is 9.65. The van der Waals surface area contributed by atoms with Crippen LogP contribution >= 0.6 is 0 Å².